The Labute approximate surface area is 97.6 Å². The van der Waals surface area contributed by atoms with E-state index in [1.165, 1.54) is 6.07 Å². The highest BCUT2D eigenvalue weighted by Crippen LogP contribution is 2.38. The van der Waals surface area contributed by atoms with Crippen LogP contribution in [0, 0.1) is 23.2 Å². The SMILES string of the molecule is N#CC#Cc1c(C(F)(F)F)cccc1C(F)(F)F. The maximum Gasteiger partial charge on any atom is 0.417 e. The molecular formula is C11H3F6N. The molecule has 0 aromatic heterocycles. The van der Waals surface area contributed by atoms with E-state index < -0.39 is 29.0 Å². The smallest absolute Gasteiger partial charge is 0.183 e. The highest BCUT2D eigenvalue weighted by molar-refractivity contribution is 5.51. The van der Waals surface area contributed by atoms with Crippen molar-refractivity contribution in [1.82, 2.24) is 0 Å². The highest BCUT2D eigenvalue weighted by atomic mass is 19.4. The molecule has 0 spiro atoms. The van der Waals surface area contributed by atoms with Crippen molar-refractivity contribution in [3.63, 3.8) is 0 Å². The molecule has 0 aliphatic carbocycles. The second-order valence-corrected chi connectivity index (χ2v) is 3.09. The first-order valence-electron chi connectivity index (χ1n) is 4.35. The first-order valence-corrected chi connectivity index (χ1v) is 4.35. The Morgan fingerprint density at radius 2 is 1.33 bits per heavy atom. The van der Waals surface area contributed by atoms with Crippen LogP contribution in [-0.2, 0) is 12.4 Å². The fraction of sp³-hybridized carbons (Fsp3) is 0.182. The Kier molecular flexibility index (Phi) is 3.57. The van der Waals surface area contributed by atoms with Gasteiger partial charge in [0.15, 0.2) is 6.07 Å². The number of halogens is 6. The van der Waals surface area contributed by atoms with Crippen molar-refractivity contribution in [2.75, 3.05) is 0 Å². The Hall–Kier alpha value is -2.15. The number of hydrogen-bond acceptors (Lipinski definition) is 1. The summed E-state index contributed by atoms with van der Waals surface area (Å²) in [5, 5.41) is 8.13. The van der Waals surface area contributed by atoms with Crippen LogP contribution < -0.4 is 0 Å². The van der Waals surface area contributed by atoms with Crippen LogP contribution in [0.4, 0.5) is 26.3 Å². The van der Waals surface area contributed by atoms with Crippen molar-refractivity contribution in [1.29, 1.82) is 5.26 Å². The third-order valence-electron chi connectivity index (χ3n) is 1.92. The number of alkyl halides is 6. The van der Waals surface area contributed by atoms with E-state index in [4.69, 9.17) is 5.26 Å². The summed E-state index contributed by atoms with van der Waals surface area (Å²) in [6, 6.07) is 2.79. The van der Waals surface area contributed by atoms with E-state index in [2.05, 4.69) is 0 Å². The molecule has 1 nitrogen and oxygen atoms in total. The molecule has 18 heavy (non-hydrogen) atoms. The molecule has 1 aromatic carbocycles. The Morgan fingerprint density at radius 1 is 0.889 bits per heavy atom. The van der Waals surface area contributed by atoms with Gasteiger partial charge < -0.3 is 0 Å². The zero-order valence-corrected chi connectivity index (χ0v) is 8.45. The van der Waals surface area contributed by atoms with Gasteiger partial charge in [0.1, 0.15) is 0 Å². The predicted octanol–water partition coefficient (Wildman–Crippen LogP) is 3.60. The molecule has 1 rings (SSSR count). The molecule has 7 heteroatoms. The minimum Gasteiger partial charge on any atom is -0.183 e. The van der Waals surface area contributed by atoms with Crippen LogP contribution in [0.5, 0.6) is 0 Å². The molecule has 1 aromatic rings. The minimum atomic E-state index is -4.97. The molecule has 0 N–H and O–H groups in total. The molecule has 0 bridgehead atoms. The topological polar surface area (TPSA) is 23.8 Å². The first kappa shape index (κ1) is 13.9. The first-order chi connectivity index (χ1) is 8.18. The summed E-state index contributed by atoms with van der Waals surface area (Å²) in [6.07, 6.45) is -9.94. The molecule has 0 radical (unpaired) electrons. The zero-order chi connectivity index (χ0) is 14.0. The summed E-state index contributed by atoms with van der Waals surface area (Å²) < 4.78 is 75.2. The summed E-state index contributed by atoms with van der Waals surface area (Å²) >= 11 is 0. The molecule has 0 saturated heterocycles. The third kappa shape index (κ3) is 2.95. The van der Waals surface area contributed by atoms with Crippen molar-refractivity contribution >= 4 is 0 Å². The number of nitriles is 1. The largest absolute Gasteiger partial charge is 0.417 e. The lowest BCUT2D eigenvalue weighted by atomic mass is 10.0. The molecule has 0 unspecified atom stereocenters. The molecule has 0 amide bonds. The maximum atomic E-state index is 12.5. The van der Waals surface area contributed by atoms with Gasteiger partial charge in [-0.25, -0.2) is 0 Å². The van der Waals surface area contributed by atoms with Gasteiger partial charge in [-0.3, -0.25) is 0 Å². The standard InChI is InChI=1S/C11H3F6N/c12-10(13,14)8-4-1-5-9(11(15,16)17)7(8)3-2-6-18/h1,4-5H. The molecular weight excluding hydrogens is 260 g/mol. The number of rotatable bonds is 0. The highest BCUT2D eigenvalue weighted by Gasteiger charge is 2.40. The van der Waals surface area contributed by atoms with Crippen LogP contribution >= 0.6 is 0 Å². The second-order valence-electron chi connectivity index (χ2n) is 3.09. The van der Waals surface area contributed by atoms with Crippen LogP contribution in [-0.4, -0.2) is 0 Å². The van der Waals surface area contributed by atoms with E-state index in [0.29, 0.717) is 18.2 Å². The van der Waals surface area contributed by atoms with Crippen molar-refractivity contribution in [2.45, 2.75) is 12.4 Å². The van der Waals surface area contributed by atoms with Gasteiger partial charge in [0.05, 0.1) is 16.7 Å². The van der Waals surface area contributed by atoms with Gasteiger partial charge in [0.25, 0.3) is 0 Å². The lowest BCUT2D eigenvalue weighted by molar-refractivity contribution is -0.143. The van der Waals surface area contributed by atoms with Crippen molar-refractivity contribution < 1.29 is 26.3 Å². The fourth-order valence-electron chi connectivity index (χ4n) is 1.25. The van der Waals surface area contributed by atoms with Gasteiger partial charge in [-0.2, -0.15) is 31.6 Å². The van der Waals surface area contributed by atoms with Gasteiger partial charge >= 0.3 is 12.4 Å². The predicted molar refractivity (Wildman–Crippen MR) is 48.9 cm³/mol. The van der Waals surface area contributed by atoms with Crippen LogP contribution in [0.1, 0.15) is 16.7 Å². The van der Waals surface area contributed by atoms with Gasteiger partial charge in [-0.1, -0.05) is 6.07 Å². The zero-order valence-electron chi connectivity index (χ0n) is 8.45. The van der Waals surface area contributed by atoms with Crippen LogP contribution in [0.25, 0.3) is 0 Å². The van der Waals surface area contributed by atoms with E-state index in [9.17, 15) is 26.3 Å². The number of hydrogen-bond donors (Lipinski definition) is 0. The normalized spacial score (nSPS) is 11.4. The summed E-state index contributed by atoms with van der Waals surface area (Å²) in [7, 11) is 0. The summed E-state index contributed by atoms with van der Waals surface area (Å²) in [6.45, 7) is 0. The van der Waals surface area contributed by atoms with Crippen LogP contribution in [0.2, 0.25) is 0 Å². The average molecular weight is 263 g/mol. The van der Waals surface area contributed by atoms with Gasteiger partial charge in [0, 0.05) is 5.92 Å². The van der Waals surface area contributed by atoms with Crippen LogP contribution in [0.15, 0.2) is 18.2 Å². The quantitative estimate of drug-likeness (QED) is 0.518. The van der Waals surface area contributed by atoms with Crippen molar-refractivity contribution in [3.8, 4) is 17.9 Å². The third-order valence-corrected chi connectivity index (χ3v) is 1.92. The Morgan fingerprint density at radius 3 is 1.67 bits per heavy atom. The van der Waals surface area contributed by atoms with Crippen molar-refractivity contribution in [3.05, 3.63) is 34.9 Å². The summed E-state index contributed by atoms with van der Waals surface area (Å²) in [4.78, 5) is 0. The van der Waals surface area contributed by atoms with Gasteiger partial charge in [-0.15, -0.1) is 0 Å². The molecule has 0 fully saturated rings. The van der Waals surface area contributed by atoms with Crippen LogP contribution in [0.3, 0.4) is 0 Å². The minimum absolute atomic E-state index is 0.483. The second kappa shape index (κ2) is 4.61. The maximum absolute atomic E-state index is 12.5. The van der Waals surface area contributed by atoms with E-state index in [-0.39, 0.29) is 0 Å². The summed E-state index contributed by atoms with van der Waals surface area (Å²) in [5.74, 6) is 3.14. The fourth-order valence-corrected chi connectivity index (χ4v) is 1.25. The molecule has 0 atom stereocenters. The number of benzene rings is 1. The van der Waals surface area contributed by atoms with Gasteiger partial charge in [0.2, 0.25) is 0 Å². The average Bonchev–Trinajstić information content (AvgIpc) is 2.23. The van der Waals surface area contributed by atoms with Gasteiger partial charge in [-0.05, 0) is 18.1 Å². The molecule has 0 aliphatic rings. The summed E-state index contributed by atoms with van der Waals surface area (Å²) in [5.41, 5.74) is -4.26. The lowest BCUT2D eigenvalue weighted by Crippen LogP contribution is -2.14. The van der Waals surface area contributed by atoms with E-state index in [0.717, 1.165) is 0 Å². The number of nitrogens with zero attached hydrogens (tertiary/aromatic N) is 1. The lowest BCUT2D eigenvalue weighted by Gasteiger charge is -2.14. The molecule has 94 valence electrons. The monoisotopic (exact) mass is 263 g/mol. The molecule has 0 aliphatic heterocycles. The Balaban J connectivity index is 3.62. The van der Waals surface area contributed by atoms with E-state index in [1.54, 1.807) is 11.8 Å². The Bertz CT molecular complexity index is 518. The van der Waals surface area contributed by atoms with E-state index in [1.807, 2.05) is 0 Å². The van der Waals surface area contributed by atoms with Crippen molar-refractivity contribution in [2.24, 2.45) is 0 Å². The van der Waals surface area contributed by atoms with E-state index >= 15 is 0 Å². The molecule has 0 saturated carbocycles. The molecule has 0 heterocycles.